The zero-order chi connectivity index (χ0) is 21.8. The predicted molar refractivity (Wildman–Crippen MR) is 121 cm³/mol. The van der Waals surface area contributed by atoms with Crippen LogP contribution < -0.4 is 5.56 Å². The molecule has 0 saturated heterocycles. The van der Waals surface area contributed by atoms with Crippen LogP contribution in [0, 0.1) is 13.8 Å². The number of aromatic amines is 1. The first-order valence-electron chi connectivity index (χ1n) is 10.6. The van der Waals surface area contributed by atoms with Crippen LogP contribution in [-0.2, 0) is 13.0 Å². The molecule has 2 heterocycles. The number of hydrogen-bond donors (Lipinski definition) is 1. The Hall–Kier alpha value is -3.61. The standard InChI is InChI=1S/C24H26N6O/c1-4-5-10-22-25-17(3)16(2)24(31)30(22)15-18-11-13-19(14-12-18)20-8-6-7-9-21(20)23-26-28-29-27-23/h6-9,11-14H,4-5,10,15H2,1-3H3,(H,26,27,28,29). The molecule has 4 aromatic rings. The van der Waals surface area contributed by atoms with Crippen molar-refractivity contribution in [2.75, 3.05) is 0 Å². The second-order valence-corrected chi connectivity index (χ2v) is 7.73. The molecule has 0 fully saturated rings. The molecule has 7 nitrogen and oxygen atoms in total. The highest BCUT2D eigenvalue weighted by Gasteiger charge is 2.13. The van der Waals surface area contributed by atoms with E-state index in [1.807, 2.05) is 42.7 Å². The van der Waals surface area contributed by atoms with E-state index in [0.717, 1.165) is 53.0 Å². The van der Waals surface area contributed by atoms with Crippen molar-refractivity contribution in [2.45, 2.75) is 46.6 Å². The highest BCUT2D eigenvalue weighted by Crippen LogP contribution is 2.29. The van der Waals surface area contributed by atoms with Gasteiger partial charge in [-0.1, -0.05) is 61.9 Å². The number of unbranched alkanes of at least 4 members (excludes halogenated alkanes) is 1. The molecule has 0 aliphatic carbocycles. The summed E-state index contributed by atoms with van der Waals surface area (Å²) in [7, 11) is 0. The lowest BCUT2D eigenvalue weighted by Crippen LogP contribution is -2.28. The van der Waals surface area contributed by atoms with Crippen LogP contribution in [0.5, 0.6) is 0 Å². The van der Waals surface area contributed by atoms with Gasteiger partial charge in [-0.2, -0.15) is 0 Å². The Kier molecular flexibility index (Phi) is 6.02. The minimum absolute atomic E-state index is 0.0471. The van der Waals surface area contributed by atoms with Crippen molar-refractivity contribution in [3.63, 3.8) is 0 Å². The zero-order valence-electron chi connectivity index (χ0n) is 18.1. The highest BCUT2D eigenvalue weighted by molar-refractivity contribution is 5.80. The van der Waals surface area contributed by atoms with Gasteiger partial charge in [0.25, 0.3) is 5.56 Å². The number of benzene rings is 2. The van der Waals surface area contributed by atoms with Crippen molar-refractivity contribution in [3.05, 3.63) is 81.5 Å². The lowest BCUT2D eigenvalue weighted by molar-refractivity contribution is 0.627. The fraction of sp³-hybridized carbons (Fsp3) is 0.292. The Bertz CT molecular complexity index is 1230. The van der Waals surface area contributed by atoms with Gasteiger partial charge in [0, 0.05) is 23.2 Å². The van der Waals surface area contributed by atoms with Crippen LogP contribution in [0.1, 0.15) is 42.4 Å². The smallest absolute Gasteiger partial charge is 0.256 e. The molecule has 0 amide bonds. The van der Waals surface area contributed by atoms with Gasteiger partial charge in [-0.15, -0.1) is 5.10 Å². The van der Waals surface area contributed by atoms with E-state index < -0.39 is 0 Å². The van der Waals surface area contributed by atoms with Gasteiger partial charge in [-0.25, -0.2) is 10.1 Å². The molecular formula is C24H26N6O. The monoisotopic (exact) mass is 414 g/mol. The molecule has 0 aliphatic heterocycles. The molecule has 31 heavy (non-hydrogen) atoms. The van der Waals surface area contributed by atoms with Gasteiger partial charge in [0.05, 0.1) is 6.54 Å². The molecule has 0 radical (unpaired) electrons. The first kappa shape index (κ1) is 20.7. The maximum absolute atomic E-state index is 12.9. The first-order chi connectivity index (χ1) is 15.1. The van der Waals surface area contributed by atoms with Gasteiger partial charge in [-0.3, -0.25) is 9.36 Å². The van der Waals surface area contributed by atoms with Gasteiger partial charge >= 0.3 is 0 Å². The lowest BCUT2D eigenvalue weighted by Gasteiger charge is -2.15. The van der Waals surface area contributed by atoms with Gasteiger partial charge < -0.3 is 0 Å². The van der Waals surface area contributed by atoms with E-state index in [4.69, 9.17) is 4.98 Å². The summed E-state index contributed by atoms with van der Waals surface area (Å²) in [6.45, 7) is 6.42. The van der Waals surface area contributed by atoms with Crippen LogP contribution in [0.15, 0.2) is 53.3 Å². The van der Waals surface area contributed by atoms with Crippen LogP contribution in [0.4, 0.5) is 0 Å². The molecule has 4 rings (SSSR count). The summed E-state index contributed by atoms with van der Waals surface area (Å²) in [6, 6.07) is 16.3. The van der Waals surface area contributed by atoms with Gasteiger partial charge in [0.15, 0.2) is 5.82 Å². The minimum atomic E-state index is 0.0471. The van der Waals surface area contributed by atoms with Gasteiger partial charge in [0.1, 0.15) is 5.82 Å². The maximum atomic E-state index is 12.9. The largest absolute Gasteiger partial charge is 0.292 e. The summed E-state index contributed by atoms with van der Waals surface area (Å²) < 4.78 is 1.82. The van der Waals surface area contributed by atoms with E-state index >= 15 is 0 Å². The van der Waals surface area contributed by atoms with Crippen LogP contribution in [0.2, 0.25) is 0 Å². The second kappa shape index (κ2) is 9.04. The van der Waals surface area contributed by atoms with Crippen LogP contribution >= 0.6 is 0 Å². The van der Waals surface area contributed by atoms with Gasteiger partial charge in [-0.05, 0) is 47.4 Å². The van der Waals surface area contributed by atoms with Crippen molar-refractivity contribution in [1.82, 2.24) is 30.2 Å². The number of rotatable bonds is 7. The van der Waals surface area contributed by atoms with Crippen molar-refractivity contribution in [1.29, 1.82) is 0 Å². The normalized spacial score (nSPS) is 11.1. The number of aryl methyl sites for hydroxylation is 2. The van der Waals surface area contributed by atoms with Crippen LogP contribution in [0.25, 0.3) is 22.5 Å². The first-order valence-corrected chi connectivity index (χ1v) is 10.6. The molecular weight excluding hydrogens is 388 g/mol. The van der Waals surface area contributed by atoms with Gasteiger partial charge in [0.2, 0.25) is 0 Å². The summed E-state index contributed by atoms with van der Waals surface area (Å²) >= 11 is 0. The number of aromatic nitrogens is 6. The molecule has 0 atom stereocenters. The summed E-state index contributed by atoms with van der Waals surface area (Å²) in [5.74, 6) is 1.50. The van der Waals surface area contributed by atoms with E-state index in [-0.39, 0.29) is 5.56 Å². The molecule has 0 spiro atoms. The number of tetrazole rings is 1. The topological polar surface area (TPSA) is 89.3 Å². The molecule has 2 aromatic carbocycles. The predicted octanol–water partition coefficient (Wildman–Crippen LogP) is 4.10. The minimum Gasteiger partial charge on any atom is -0.292 e. The molecule has 0 aliphatic rings. The third kappa shape index (κ3) is 4.30. The van der Waals surface area contributed by atoms with Crippen molar-refractivity contribution >= 4 is 0 Å². The fourth-order valence-electron chi connectivity index (χ4n) is 3.69. The maximum Gasteiger partial charge on any atom is 0.256 e. The molecule has 7 heteroatoms. The van der Waals surface area contributed by atoms with Crippen molar-refractivity contribution in [3.8, 4) is 22.5 Å². The molecule has 158 valence electrons. The van der Waals surface area contributed by atoms with E-state index in [1.54, 1.807) is 0 Å². The third-order valence-electron chi connectivity index (χ3n) is 5.60. The van der Waals surface area contributed by atoms with Crippen LogP contribution in [0.3, 0.4) is 0 Å². The lowest BCUT2D eigenvalue weighted by atomic mass is 9.98. The number of nitrogens with one attached hydrogen (secondary N) is 1. The Morgan fingerprint density at radius 3 is 2.42 bits per heavy atom. The average molecular weight is 415 g/mol. The molecule has 0 bridgehead atoms. The SMILES string of the molecule is CCCCc1nc(C)c(C)c(=O)n1Cc1ccc(-c2ccccc2-c2nnn[nH]2)cc1. The van der Waals surface area contributed by atoms with Crippen molar-refractivity contribution in [2.24, 2.45) is 0 Å². The van der Waals surface area contributed by atoms with E-state index in [2.05, 4.69) is 51.8 Å². The van der Waals surface area contributed by atoms with E-state index in [0.29, 0.717) is 17.9 Å². The molecule has 0 saturated carbocycles. The summed E-state index contributed by atoms with van der Waals surface area (Å²) in [4.78, 5) is 17.7. The number of hydrogen-bond acceptors (Lipinski definition) is 5. The van der Waals surface area contributed by atoms with Crippen molar-refractivity contribution < 1.29 is 0 Å². The zero-order valence-corrected chi connectivity index (χ0v) is 18.1. The molecule has 2 aromatic heterocycles. The summed E-state index contributed by atoms with van der Waals surface area (Å²) in [5, 5.41) is 14.2. The number of nitrogens with zero attached hydrogens (tertiary/aromatic N) is 5. The Balaban J connectivity index is 1.66. The average Bonchev–Trinajstić information content (AvgIpc) is 3.34. The Labute approximate surface area is 181 Å². The molecule has 1 N–H and O–H groups in total. The van der Waals surface area contributed by atoms with E-state index in [9.17, 15) is 4.79 Å². The summed E-state index contributed by atoms with van der Waals surface area (Å²) in [6.07, 6.45) is 2.89. The third-order valence-corrected chi connectivity index (χ3v) is 5.60. The molecule has 0 unspecified atom stereocenters. The second-order valence-electron chi connectivity index (χ2n) is 7.73. The Morgan fingerprint density at radius 2 is 1.74 bits per heavy atom. The fourth-order valence-corrected chi connectivity index (χ4v) is 3.69. The van der Waals surface area contributed by atoms with Crippen LogP contribution in [-0.4, -0.2) is 30.2 Å². The Morgan fingerprint density at radius 1 is 1.00 bits per heavy atom. The highest BCUT2D eigenvalue weighted by atomic mass is 16.1. The summed E-state index contributed by atoms with van der Waals surface area (Å²) in [5.41, 5.74) is 5.69. The number of H-pyrrole nitrogens is 1. The quantitative estimate of drug-likeness (QED) is 0.492. The van der Waals surface area contributed by atoms with E-state index in [1.165, 1.54) is 0 Å².